The zero-order chi connectivity index (χ0) is 16.7. The quantitative estimate of drug-likeness (QED) is 0.616. The van der Waals surface area contributed by atoms with E-state index in [1.807, 2.05) is 0 Å². The topological polar surface area (TPSA) is 0 Å². The van der Waals surface area contributed by atoms with Gasteiger partial charge in [0.2, 0.25) is 0 Å². The first-order valence-corrected chi connectivity index (χ1v) is 8.58. The van der Waals surface area contributed by atoms with Gasteiger partial charge in [-0.2, -0.15) is 0 Å². The van der Waals surface area contributed by atoms with Crippen LogP contribution in [-0.4, -0.2) is 0 Å². The fourth-order valence-corrected chi connectivity index (χ4v) is 4.10. The lowest BCUT2D eigenvalue weighted by Gasteiger charge is -2.31. The van der Waals surface area contributed by atoms with Gasteiger partial charge >= 0.3 is 0 Å². The molecule has 0 nitrogen and oxygen atoms in total. The molecule has 0 heteroatoms. The molecule has 2 aromatic rings. The summed E-state index contributed by atoms with van der Waals surface area (Å²) in [4.78, 5) is 0. The normalized spacial score (nSPS) is 17.7. The van der Waals surface area contributed by atoms with Crippen LogP contribution in [0.3, 0.4) is 0 Å². The summed E-state index contributed by atoms with van der Waals surface area (Å²) in [6, 6.07) is 19.5. The Kier molecular flexibility index (Phi) is 3.61. The second-order valence-electron chi connectivity index (χ2n) is 6.83. The van der Waals surface area contributed by atoms with Crippen molar-refractivity contribution in [3.63, 3.8) is 0 Å². The van der Waals surface area contributed by atoms with Gasteiger partial charge in [0, 0.05) is 5.92 Å². The molecule has 0 heterocycles. The average Bonchev–Trinajstić information content (AvgIpc) is 2.94. The van der Waals surface area contributed by atoms with Gasteiger partial charge in [-0.15, -0.1) is 0 Å². The van der Waals surface area contributed by atoms with Crippen LogP contribution in [0.1, 0.15) is 30.5 Å². The molecule has 0 saturated heterocycles. The molecule has 118 valence electrons. The lowest BCUT2D eigenvalue weighted by atomic mass is 9.73. The molecule has 0 aromatic heterocycles. The molecule has 2 aliphatic rings. The largest absolute Gasteiger partial charge is 0.0908 e. The highest BCUT2D eigenvalue weighted by Gasteiger charge is 2.30. The summed E-state index contributed by atoms with van der Waals surface area (Å²) in [7, 11) is 0. The highest BCUT2D eigenvalue weighted by Crippen LogP contribution is 2.47. The zero-order valence-corrected chi connectivity index (χ0v) is 14.3. The van der Waals surface area contributed by atoms with Crippen molar-refractivity contribution in [1.82, 2.24) is 0 Å². The van der Waals surface area contributed by atoms with Gasteiger partial charge in [0.15, 0.2) is 0 Å². The van der Waals surface area contributed by atoms with Crippen LogP contribution in [0, 0.1) is 5.92 Å². The lowest BCUT2D eigenvalue weighted by Crippen LogP contribution is -2.15. The summed E-state index contributed by atoms with van der Waals surface area (Å²) in [5.74, 6) is 0.362. The van der Waals surface area contributed by atoms with Gasteiger partial charge in [-0.25, -0.2) is 0 Å². The number of hydrogen-bond acceptors (Lipinski definition) is 0. The molecule has 4 rings (SSSR count). The summed E-state index contributed by atoms with van der Waals surface area (Å²) in [5.41, 5.74) is 10.8. The molecule has 0 fully saturated rings. The van der Waals surface area contributed by atoms with Gasteiger partial charge in [-0.1, -0.05) is 84.5 Å². The van der Waals surface area contributed by atoms with E-state index < -0.39 is 0 Å². The highest BCUT2D eigenvalue weighted by atomic mass is 14.3. The van der Waals surface area contributed by atoms with Crippen molar-refractivity contribution in [2.24, 2.45) is 5.92 Å². The standard InChI is InChI=1S/C24H22/c1-16-13-14-17(2)23(16)24-18(3)21-12-8-7-11-20(21)15-22(24)19-9-5-4-6-10-19/h4-14,23H,3,15H2,1-2H3. The summed E-state index contributed by atoms with van der Waals surface area (Å²) in [6.07, 6.45) is 5.48. The van der Waals surface area contributed by atoms with Crippen molar-refractivity contribution in [2.45, 2.75) is 20.3 Å². The third-order valence-corrected chi connectivity index (χ3v) is 5.29. The van der Waals surface area contributed by atoms with Crippen molar-refractivity contribution in [1.29, 1.82) is 0 Å². The minimum Gasteiger partial charge on any atom is -0.0908 e. The minimum absolute atomic E-state index is 0.362. The van der Waals surface area contributed by atoms with E-state index in [2.05, 4.69) is 87.2 Å². The Bertz CT molecular complexity index is 886. The fraction of sp³-hybridized carbons (Fsp3) is 0.167. The van der Waals surface area contributed by atoms with Crippen LogP contribution >= 0.6 is 0 Å². The van der Waals surface area contributed by atoms with Crippen LogP contribution in [-0.2, 0) is 6.42 Å². The molecule has 0 N–H and O–H groups in total. The molecule has 2 aromatic carbocycles. The SMILES string of the molecule is C=C1C(C2C(C)=CC=C2C)=C(c2ccccc2)Cc2ccccc21. The second-order valence-corrected chi connectivity index (χ2v) is 6.83. The van der Waals surface area contributed by atoms with Gasteiger partial charge in [-0.05, 0) is 53.7 Å². The molecule has 2 aliphatic carbocycles. The first-order valence-electron chi connectivity index (χ1n) is 8.58. The summed E-state index contributed by atoms with van der Waals surface area (Å²) in [5, 5.41) is 0. The molecule has 0 amide bonds. The van der Waals surface area contributed by atoms with Crippen molar-refractivity contribution < 1.29 is 0 Å². The average molecular weight is 310 g/mol. The Morgan fingerprint density at radius 1 is 0.833 bits per heavy atom. The highest BCUT2D eigenvalue weighted by molar-refractivity contribution is 5.95. The molecule has 0 radical (unpaired) electrons. The number of hydrogen-bond donors (Lipinski definition) is 0. The van der Waals surface area contributed by atoms with Gasteiger partial charge in [-0.3, -0.25) is 0 Å². The Morgan fingerprint density at radius 3 is 2.17 bits per heavy atom. The van der Waals surface area contributed by atoms with E-state index in [1.54, 1.807) is 0 Å². The smallest absolute Gasteiger partial charge is 0.0267 e. The predicted octanol–water partition coefficient (Wildman–Crippen LogP) is 6.23. The van der Waals surface area contributed by atoms with E-state index in [9.17, 15) is 0 Å². The maximum atomic E-state index is 4.51. The fourth-order valence-electron chi connectivity index (χ4n) is 4.10. The first kappa shape index (κ1) is 15.0. The number of benzene rings is 2. The number of allylic oxidation sites excluding steroid dienone is 7. The molecule has 0 aliphatic heterocycles. The Morgan fingerprint density at radius 2 is 1.46 bits per heavy atom. The molecule has 0 bridgehead atoms. The minimum atomic E-state index is 0.362. The Balaban J connectivity index is 1.96. The molecule has 24 heavy (non-hydrogen) atoms. The summed E-state index contributed by atoms with van der Waals surface area (Å²) >= 11 is 0. The van der Waals surface area contributed by atoms with Crippen molar-refractivity contribution in [3.8, 4) is 0 Å². The monoisotopic (exact) mass is 310 g/mol. The molecule has 0 atom stereocenters. The predicted molar refractivity (Wildman–Crippen MR) is 104 cm³/mol. The van der Waals surface area contributed by atoms with E-state index in [0.717, 1.165) is 6.42 Å². The van der Waals surface area contributed by atoms with E-state index in [0.29, 0.717) is 5.92 Å². The van der Waals surface area contributed by atoms with Crippen molar-refractivity contribution in [2.75, 3.05) is 0 Å². The van der Waals surface area contributed by atoms with Crippen molar-refractivity contribution >= 4 is 11.1 Å². The van der Waals surface area contributed by atoms with Gasteiger partial charge in [0.1, 0.15) is 0 Å². The van der Waals surface area contributed by atoms with Crippen LogP contribution in [0.5, 0.6) is 0 Å². The van der Waals surface area contributed by atoms with Crippen LogP contribution in [0.15, 0.2) is 90.0 Å². The maximum absolute atomic E-state index is 4.51. The third-order valence-electron chi connectivity index (χ3n) is 5.29. The molecular formula is C24H22. The molecule has 0 unspecified atom stereocenters. The van der Waals surface area contributed by atoms with E-state index >= 15 is 0 Å². The summed E-state index contributed by atoms with van der Waals surface area (Å²) < 4.78 is 0. The summed E-state index contributed by atoms with van der Waals surface area (Å²) in [6.45, 7) is 8.99. The van der Waals surface area contributed by atoms with E-state index in [1.165, 1.54) is 44.6 Å². The Labute approximate surface area is 144 Å². The van der Waals surface area contributed by atoms with Crippen molar-refractivity contribution in [3.05, 3.63) is 107 Å². The zero-order valence-electron chi connectivity index (χ0n) is 14.3. The van der Waals surface area contributed by atoms with E-state index in [4.69, 9.17) is 0 Å². The lowest BCUT2D eigenvalue weighted by molar-refractivity contribution is 0.873. The third kappa shape index (κ3) is 2.30. The Hall–Kier alpha value is -2.60. The van der Waals surface area contributed by atoms with Crippen LogP contribution in [0.2, 0.25) is 0 Å². The van der Waals surface area contributed by atoms with Gasteiger partial charge in [0.05, 0.1) is 0 Å². The maximum Gasteiger partial charge on any atom is 0.0267 e. The van der Waals surface area contributed by atoms with Crippen LogP contribution in [0.25, 0.3) is 11.1 Å². The molecule has 0 spiro atoms. The van der Waals surface area contributed by atoms with Crippen LogP contribution < -0.4 is 0 Å². The number of rotatable bonds is 2. The molecular weight excluding hydrogens is 288 g/mol. The van der Waals surface area contributed by atoms with Gasteiger partial charge in [0.25, 0.3) is 0 Å². The molecule has 0 saturated carbocycles. The van der Waals surface area contributed by atoms with E-state index in [-0.39, 0.29) is 0 Å². The second kappa shape index (κ2) is 5.79. The first-order chi connectivity index (χ1) is 11.7. The van der Waals surface area contributed by atoms with Crippen LogP contribution in [0.4, 0.5) is 0 Å². The number of fused-ring (bicyclic) bond motifs is 1. The van der Waals surface area contributed by atoms with Gasteiger partial charge < -0.3 is 0 Å².